The molecule has 122 valence electrons. The minimum atomic E-state index is -0.407. The largest absolute Gasteiger partial charge is 0.465 e. The Kier molecular flexibility index (Phi) is 5.33. The van der Waals surface area contributed by atoms with E-state index in [0.717, 1.165) is 16.0 Å². The van der Waals surface area contributed by atoms with Crippen LogP contribution in [0.1, 0.15) is 26.4 Å². The number of nitrogens with one attached hydrogen (secondary N) is 2. The average molecular weight is 352 g/mol. The van der Waals surface area contributed by atoms with Gasteiger partial charge < -0.3 is 15.4 Å². The number of esters is 1. The van der Waals surface area contributed by atoms with Gasteiger partial charge in [-0.1, -0.05) is 0 Å². The Morgan fingerprint density at radius 2 is 1.96 bits per heavy atom. The van der Waals surface area contributed by atoms with E-state index < -0.39 is 5.97 Å². The lowest BCUT2D eigenvalue weighted by molar-refractivity contribution is 0.0601. The minimum Gasteiger partial charge on any atom is -0.465 e. The highest BCUT2D eigenvalue weighted by Crippen LogP contribution is 2.33. The Morgan fingerprint density at radius 1 is 1.26 bits per heavy atom. The Balaban J connectivity index is 2.20. The third-order valence-corrected chi connectivity index (χ3v) is 4.77. The van der Waals surface area contributed by atoms with Crippen molar-refractivity contribution in [1.82, 2.24) is 0 Å². The molecule has 23 heavy (non-hydrogen) atoms. The number of ether oxygens (including phenoxy) is 1. The summed E-state index contributed by atoms with van der Waals surface area (Å²) in [5, 5.41) is 6.98. The highest BCUT2D eigenvalue weighted by molar-refractivity contribution is 7.80. The molecule has 0 bridgehead atoms. The van der Waals surface area contributed by atoms with Gasteiger partial charge in [0.25, 0.3) is 0 Å². The van der Waals surface area contributed by atoms with Gasteiger partial charge in [-0.3, -0.25) is 0 Å². The van der Waals surface area contributed by atoms with Gasteiger partial charge in [0, 0.05) is 10.6 Å². The molecular formula is C16H17FN2O2S2. The number of anilines is 2. The van der Waals surface area contributed by atoms with Crippen LogP contribution in [0, 0.1) is 26.6 Å². The van der Waals surface area contributed by atoms with Crippen LogP contribution < -0.4 is 10.6 Å². The predicted octanol–water partition coefficient (Wildman–Crippen LogP) is 4.41. The first-order valence-corrected chi connectivity index (χ1v) is 8.08. The molecule has 4 nitrogen and oxygen atoms in total. The third kappa shape index (κ3) is 3.86. The quantitative estimate of drug-likeness (QED) is 0.633. The van der Waals surface area contributed by atoms with Gasteiger partial charge in [0.15, 0.2) is 5.11 Å². The fourth-order valence-corrected chi connectivity index (χ4v) is 3.42. The first-order valence-electron chi connectivity index (χ1n) is 6.86. The number of thiophene rings is 1. The Hall–Kier alpha value is -1.99. The molecule has 2 N–H and O–H groups in total. The van der Waals surface area contributed by atoms with Crippen molar-refractivity contribution in [3.05, 3.63) is 45.6 Å². The van der Waals surface area contributed by atoms with Gasteiger partial charge in [-0.15, -0.1) is 11.3 Å². The van der Waals surface area contributed by atoms with E-state index in [1.54, 1.807) is 13.0 Å². The van der Waals surface area contributed by atoms with Crippen LogP contribution >= 0.6 is 23.6 Å². The first kappa shape index (κ1) is 17.4. The third-order valence-electron chi connectivity index (χ3n) is 3.44. The van der Waals surface area contributed by atoms with E-state index in [0.29, 0.717) is 21.4 Å². The summed E-state index contributed by atoms with van der Waals surface area (Å²) in [6, 6.07) is 4.40. The van der Waals surface area contributed by atoms with E-state index in [9.17, 15) is 9.18 Å². The highest BCUT2D eigenvalue weighted by Gasteiger charge is 2.20. The van der Waals surface area contributed by atoms with Gasteiger partial charge in [0.05, 0.1) is 12.7 Å². The first-order chi connectivity index (χ1) is 10.8. The van der Waals surface area contributed by atoms with Crippen molar-refractivity contribution < 1.29 is 13.9 Å². The zero-order valence-electron chi connectivity index (χ0n) is 13.2. The van der Waals surface area contributed by atoms with Crippen LogP contribution in [-0.2, 0) is 4.74 Å². The second kappa shape index (κ2) is 7.06. The summed E-state index contributed by atoms with van der Waals surface area (Å²) in [7, 11) is 1.34. The van der Waals surface area contributed by atoms with Gasteiger partial charge in [-0.2, -0.15) is 0 Å². The monoisotopic (exact) mass is 352 g/mol. The van der Waals surface area contributed by atoms with Gasteiger partial charge >= 0.3 is 5.97 Å². The van der Waals surface area contributed by atoms with Crippen LogP contribution in [0.4, 0.5) is 15.1 Å². The number of methoxy groups -OCH3 is 1. The number of thiocarbonyl (C=S) groups is 1. The lowest BCUT2D eigenvalue weighted by Crippen LogP contribution is -2.20. The van der Waals surface area contributed by atoms with Crippen LogP contribution in [0.15, 0.2) is 18.2 Å². The fraction of sp³-hybridized carbons (Fsp3) is 0.250. The molecule has 0 unspecified atom stereocenters. The van der Waals surface area contributed by atoms with Crippen molar-refractivity contribution in [2.24, 2.45) is 0 Å². The van der Waals surface area contributed by atoms with Crippen molar-refractivity contribution in [3.8, 4) is 0 Å². The summed E-state index contributed by atoms with van der Waals surface area (Å²) in [6.45, 7) is 5.58. The number of benzene rings is 1. The van der Waals surface area contributed by atoms with Crippen molar-refractivity contribution in [2.75, 3.05) is 17.7 Å². The van der Waals surface area contributed by atoms with Crippen LogP contribution in [0.25, 0.3) is 0 Å². The molecule has 0 saturated carbocycles. The summed E-state index contributed by atoms with van der Waals surface area (Å²) in [4.78, 5) is 12.9. The number of halogens is 1. The highest BCUT2D eigenvalue weighted by atomic mass is 32.1. The molecule has 0 spiro atoms. The van der Waals surface area contributed by atoms with E-state index in [2.05, 4.69) is 10.6 Å². The van der Waals surface area contributed by atoms with Crippen LogP contribution in [0.3, 0.4) is 0 Å². The van der Waals surface area contributed by atoms with E-state index in [1.165, 1.54) is 30.6 Å². The molecule has 0 atom stereocenters. The topological polar surface area (TPSA) is 50.4 Å². The number of rotatable bonds is 3. The van der Waals surface area contributed by atoms with Crippen molar-refractivity contribution >= 4 is 45.3 Å². The van der Waals surface area contributed by atoms with Gasteiger partial charge in [0.2, 0.25) is 0 Å². The molecule has 0 amide bonds. The summed E-state index contributed by atoms with van der Waals surface area (Å²) in [5.41, 5.74) is 2.79. The number of hydrogen-bond acceptors (Lipinski definition) is 4. The van der Waals surface area contributed by atoms with E-state index in [4.69, 9.17) is 17.0 Å². The van der Waals surface area contributed by atoms with E-state index >= 15 is 0 Å². The fourth-order valence-electron chi connectivity index (χ4n) is 2.09. The maximum atomic E-state index is 13.1. The van der Waals surface area contributed by atoms with Crippen LogP contribution in [0.2, 0.25) is 0 Å². The predicted molar refractivity (Wildman–Crippen MR) is 96.1 cm³/mol. The molecule has 2 aromatic rings. The maximum absolute atomic E-state index is 13.1. The minimum absolute atomic E-state index is 0.301. The second-order valence-electron chi connectivity index (χ2n) is 5.02. The zero-order valence-corrected chi connectivity index (χ0v) is 14.9. The zero-order chi connectivity index (χ0) is 17.1. The molecule has 1 aromatic carbocycles. The van der Waals surface area contributed by atoms with Gasteiger partial charge in [-0.05, 0) is 62.3 Å². The molecule has 0 aliphatic carbocycles. The molecule has 1 heterocycles. The molecule has 7 heteroatoms. The second-order valence-corrected chi connectivity index (χ2v) is 6.65. The van der Waals surface area contributed by atoms with Crippen molar-refractivity contribution in [1.29, 1.82) is 0 Å². The maximum Gasteiger partial charge on any atom is 0.341 e. The van der Waals surface area contributed by atoms with Crippen LogP contribution in [-0.4, -0.2) is 18.2 Å². The molecule has 0 aliphatic rings. The number of aryl methyl sites for hydroxylation is 2. The average Bonchev–Trinajstić information content (AvgIpc) is 2.76. The lowest BCUT2D eigenvalue weighted by Gasteiger charge is -2.12. The van der Waals surface area contributed by atoms with Crippen molar-refractivity contribution in [3.63, 3.8) is 0 Å². The summed E-state index contributed by atoms with van der Waals surface area (Å²) in [5.74, 6) is -0.709. The van der Waals surface area contributed by atoms with E-state index in [1.807, 2.05) is 13.8 Å². The van der Waals surface area contributed by atoms with Gasteiger partial charge in [-0.25, -0.2) is 9.18 Å². The van der Waals surface area contributed by atoms with Crippen molar-refractivity contribution in [2.45, 2.75) is 20.8 Å². The molecular weight excluding hydrogens is 335 g/mol. The smallest absolute Gasteiger partial charge is 0.341 e. The normalized spacial score (nSPS) is 10.3. The summed E-state index contributed by atoms with van der Waals surface area (Å²) < 4.78 is 18.0. The molecule has 0 aliphatic heterocycles. The summed E-state index contributed by atoms with van der Waals surface area (Å²) in [6.07, 6.45) is 0. The Morgan fingerprint density at radius 3 is 2.57 bits per heavy atom. The Labute approximate surface area is 143 Å². The molecule has 1 aromatic heterocycles. The number of carbonyl (C=O) groups is 1. The Bertz CT molecular complexity index is 772. The number of carbonyl (C=O) groups excluding carboxylic acids is 1. The van der Waals surface area contributed by atoms with E-state index in [-0.39, 0.29) is 5.82 Å². The lowest BCUT2D eigenvalue weighted by atomic mass is 10.1. The SMILES string of the molecule is COC(=O)c1c(NC(=S)Nc2ccc(F)cc2C)sc(C)c1C. The molecule has 2 rings (SSSR count). The molecule has 0 saturated heterocycles. The van der Waals surface area contributed by atoms with Gasteiger partial charge in [0.1, 0.15) is 10.8 Å². The molecule has 0 fully saturated rings. The number of hydrogen-bond donors (Lipinski definition) is 2. The van der Waals surface area contributed by atoms with Crippen LogP contribution in [0.5, 0.6) is 0 Å². The summed E-state index contributed by atoms with van der Waals surface area (Å²) >= 11 is 6.71. The molecule has 0 radical (unpaired) electrons. The standard InChI is InChI=1S/C16H17FN2O2S2/c1-8-7-11(17)5-6-12(8)18-16(22)19-14-13(15(20)21-4)9(2)10(3)23-14/h5-7H,1-4H3,(H2,18,19,22).